The third-order valence-corrected chi connectivity index (χ3v) is 5.31. The number of allylic oxidation sites excluding steroid dienone is 1. The average molecular weight is 409 g/mol. The van der Waals surface area contributed by atoms with Crippen molar-refractivity contribution < 1.29 is 9.90 Å². The molecular formula is C22H28N6O2. The molecule has 158 valence electrons. The van der Waals surface area contributed by atoms with Crippen LogP contribution in [-0.2, 0) is 17.8 Å². The number of aromatic nitrogens is 3. The lowest BCUT2D eigenvalue weighted by molar-refractivity contribution is -0.117. The third kappa shape index (κ3) is 4.86. The fourth-order valence-corrected chi connectivity index (χ4v) is 3.74. The zero-order chi connectivity index (χ0) is 21.7. The topological polar surface area (TPSA) is 107 Å². The highest BCUT2D eigenvalue weighted by molar-refractivity contribution is 5.93. The molecule has 2 heterocycles. The van der Waals surface area contributed by atoms with Crippen LogP contribution in [0.1, 0.15) is 42.0 Å². The smallest absolute Gasteiger partial charge is 0.238 e. The summed E-state index contributed by atoms with van der Waals surface area (Å²) < 4.78 is 1.93. The van der Waals surface area contributed by atoms with E-state index in [-0.39, 0.29) is 30.3 Å². The summed E-state index contributed by atoms with van der Waals surface area (Å²) in [6.45, 7) is 4.77. The molecule has 0 aliphatic carbocycles. The first-order valence-corrected chi connectivity index (χ1v) is 10.2. The summed E-state index contributed by atoms with van der Waals surface area (Å²) in [5, 5.41) is 31.5. The summed E-state index contributed by atoms with van der Waals surface area (Å²) in [6, 6.07) is 7.91. The molecule has 1 amide bonds. The van der Waals surface area contributed by atoms with Crippen molar-refractivity contribution in [1.82, 2.24) is 19.7 Å². The van der Waals surface area contributed by atoms with Crippen LogP contribution in [0.15, 0.2) is 24.0 Å². The van der Waals surface area contributed by atoms with Crippen LogP contribution in [-0.4, -0.2) is 50.8 Å². The fourth-order valence-electron chi connectivity index (χ4n) is 3.74. The van der Waals surface area contributed by atoms with Gasteiger partial charge in [-0.3, -0.25) is 9.69 Å². The summed E-state index contributed by atoms with van der Waals surface area (Å²) in [4.78, 5) is 14.1. The number of aryl methyl sites for hydroxylation is 3. The minimum absolute atomic E-state index is 0.0608. The molecule has 0 saturated carbocycles. The number of benzene rings is 1. The number of aliphatic hydroxyl groups excluding tert-OH is 1. The largest absolute Gasteiger partial charge is 0.509 e. The zero-order valence-corrected chi connectivity index (χ0v) is 17.8. The number of nitrogens with zero attached hydrogens (tertiary/aromatic N) is 5. The molecule has 2 N–H and O–H groups in total. The predicted molar refractivity (Wildman–Crippen MR) is 115 cm³/mol. The van der Waals surface area contributed by atoms with Crippen LogP contribution in [0.25, 0.3) is 5.57 Å². The van der Waals surface area contributed by atoms with E-state index in [4.69, 9.17) is 0 Å². The number of para-hydroxylation sites is 1. The maximum absolute atomic E-state index is 12.5. The number of nitriles is 1. The van der Waals surface area contributed by atoms with Crippen molar-refractivity contribution in [2.24, 2.45) is 0 Å². The standard InChI is InChI=1S/C22H28N6O2/c1-15-8-7-9-16(2)21(15)24-20(30)14-27(3)13-18(29)17(12-23)22-26-25-19-10-5-4-6-11-28(19)22/h7-9,29H,4-6,10-11,13-14H2,1-3H3,(H,24,30)/b18-17-. The Hall–Kier alpha value is -3.18. The first-order valence-electron chi connectivity index (χ1n) is 10.2. The normalized spacial score (nSPS) is 14.5. The average Bonchev–Trinajstić information content (AvgIpc) is 2.93. The molecule has 30 heavy (non-hydrogen) atoms. The molecule has 0 saturated heterocycles. The van der Waals surface area contributed by atoms with Crippen molar-refractivity contribution in [2.45, 2.75) is 46.1 Å². The van der Waals surface area contributed by atoms with E-state index in [0.29, 0.717) is 5.82 Å². The molecule has 0 bridgehead atoms. The van der Waals surface area contributed by atoms with E-state index < -0.39 is 0 Å². The molecule has 1 aromatic carbocycles. The molecule has 1 aliphatic heterocycles. The van der Waals surface area contributed by atoms with Gasteiger partial charge in [0.1, 0.15) is 23.2 Å². The van der Waals surface area contributed by atoms with Crippen molar-refractivity contribution in [1.29, 1.82) is 5.26 Å². The Labute approximate surface area is 176 Å². The first kappa shape index (κ1) is 21.5. The molecule has 1 aromatic heterocycles. The molecule has 3 rings (SSSR count). The van der Waals surface area contributed by atoms with Gasteiger partial charge in [-0.1, -0.05) is 24.6 Å². The number of hydrogen-bond acceptors (Lipinski definition) is 6. The van der Waals surface area contributed by atoms with Gasteiger partial charge >= 0.3 is 0 Å². The maximum Gasteiger partial charge on any atom is 0.238 e. The molecule has 0 atom stereocenters. The highest BCUT2D eigenvalue weighted by atomic mass is 16.3. The van der Waals surface area contributed by atoms with Crippen molar-refractivity contribution in [3.8, 4) is 6.07 Å². The van der Waals surface area contributed by atoms with E-state index in [0.717, 1.165) is 54.9 Å². The van der Waals surface area contributed by atoms with Gasteiger partial charge in [0.2, 0.25) is 5.91 Å². The van der Waals surface area contributed by atoms with Crippen LogP contribution in [0.4, 0.5) is 5.69 Å². The quantitative estimate of drug-likeness (QED) is 0.562. The molecule has 1 aliphatic rings. The summed E-state index contributed by atoms with van der Waals surface area (Å²) in [7, 11) is 1.72. The van der Waals surface area contributed by atoms with Crippen molar-refractivity contribution in [3.05, 3.63) is 46.7 Å². The van der Waals surface area contributed by atoms with E-state index in [1.54, 1.807) is 11.9 Å². The summed E-state index contributed by atoms with van der Waals surface area (Å²) >= 11 is 0. The van der Waals surface area contributed by atoms with Gasteiger partial charge in [-0.15, -0.1) is 10.2 Å². The zero-order valence-electron chi connectivity index (χ0n) is 17.8. The Bertz CT molecular complexity index is 981. The molecule has 0 unspecified atom stereocenters. The lowest BCUT2D eigenvalue weighted by Crippen LogP contribution is -2.32. The van der Waals surface area contributed by atoms with Gasteiger partial charge < -0.3 is 15.0 Å². The van der Waals surface area contributed by atoms with Crippen LogP contribution in [0, 0.1) is 25.2 Å². The van der Waals surface area contributed by atoms with Crippen LogP contribution in [0.5, 0.6) is 0 Å². The molecule has 0 spiro atoms. The number of likely N-dealkylation sites (N-methyl/N-ethyl adjacent to an activating group) is 1. The fraction of sp³-hybridized carbons (Fsp3) is 0.455. The van der Waals surface area contributed by atoms with Crippen molar-refractivity contribution >= 4 is 17.2 Å². The second kappa shape index (κ2) is 9.55. The second-order valence-corrected chi connectivity index (χ2v) is 7.82. The van der Waals surface area contributed by atoms with E-state index in [2.05, 4.69) is 21.6 Å². The number of rotatable bonds is 6. The minimum Gasteiger partial charge on any atom is -0.509 e. The Morgan fingerprint density at radius 1 is 1.23 bits per heavy atom. The van der Waals surface area contributed by atoms with Crippen LogP contribution < -0.4 is 5.32 Å². The Balaban J connectivity index is 1.70. The Kier molecular flexibility index (Phi) is 6.85. The lowest BCUT2D eigenvalue weighted by Gasteiger charge is -2.18. The molecular weight excluding hydrogens is 380 g/mol. The maximum atomic E-state index is 12.5. The Morgan fingerprint density at radius 2 is 1.97 bits per heavy atom. The van der Waals surface area contributed by atoms with Crippen LogP contribution in [0.3, 0.4) is 0 Å². The van der Waals surface area contributed by atoms with E-state index in [1.807, 2.05) is 36.6 Å². The minimum atomic E-state index is -0.183. The van der Waals surface area contributed by atoms with Gasteiger partial charge in [0, 0.05) is 18.7 Å². The summed E-state index contributed by atoms with van der Waals surface area (Å²) in [5.41, 5.74) is 2.90. The highest BCUT2D eigenvalue weighted by Crippen LogP contribution is 2.22. The van der Waals surface area contributed by atoms with E-state index >= 15 is 0 Å². The van der Waals surface area contributed by atoms with Gasteiger partial charge in [-0.05, 0) is 44.9 Å². The second-order valence-electron chi connectivity index (χ2n) is 7.82. The van der Waals surface area contributed by atoms with Gasteiger partial charge in [-0.25, -0.2) is 0 Å². The van der Waals surface area contributed by atoms with E-state index in [1.165, 1.54) is 0 Å². The van der Waals surface area contributed by atoms with Crippen molar-refractivity contribution in [2.75, 3.05) is 25.5 Å². The molecule has 2 aromatic rings. The van der Waals surface area contributed by atoms with Gasteiger partial charge in [0.05, 0.1) is 13.1 Å². The van der Waals surface area contributed by atoms with Gasteiger partial charge in [0.25, 0.3) is 0 Å². The molecule has 8 heteroatoms. The highest BCUT2D eigenvalue weighted by Gasteiger charge is 2.21. The molecule has 8 nitrogen and oxygen atoms in total. The van der Waals surface area contributed by atoms with Gasteiger partial charge in [-0.2, -0.15) is 5.26 Å². The SMILES string of the molecule is Cc1cccc(C)c1NC(=O)CN(C)C/C(O)=C(\C#N)c1nnc2n1CCCCC2. The van der Waals surface area contributed by atoms with Crippen LogP contribution >= 0.6 is 0 Å². The number of hydrogen-bond donors (Lipinski definition) is 2. The number of carbonyl (C=O) groups is 1. The molecule has 0 fully saturated rings. The third-order valence-electron chi connectivity index (χ3n) is 5.31. The van der Waals surface area contributed by atoms with Crippen molar-refractivity contribution in [3.63, 3.8) is 0 Å². The first-order chi connectivity index (χ1) is 14.4. The number of carbonyl (C=O) groups excluding carboxylic acids is 1. The lowest BCUT2D eigenvalue weighted by atomic mass is 10.1. The van der Waals surface area contributed by atoms with Crippen LogP contribution in [0.2, 0.25) is 0 Å². The Morgan fingerprint density at radius 3 is 2.67 bits per heavy atom. The van der Waals surface area contributed by atoms with Gasteiger partial charge in [0.15, 0.2) is 5.82 Å². The number of nitrogens with one attached hydrogen (secondary N) is 1. The predicted octanol–water partition coefficient (Wildman–Crippen LogP) is 2.98. The monoisotopic (exact) mass is 408 g/mol. The number of fused-ring (bicyclic) bond motifs is 1. The number of aliphatic hydroxyl groups is 1. The van der Waals surface area contributed by atoms with E-state index in [9.17, 15) is 15.2 Å². The number of anilines is 1. The summed E-state index contributed by atoms with van der Waals surface area (Å²) in [5.74, 6) is 0.960. The number of amides is 1. The molecule has 0 radical (unpaired) electrons. The summed E-state index contributed by atoms with van der Waals surface area (Å²) in [6.07, 6.45) is 3.98.